The molecule has 0 unspecified atom stereocenters. The monoisotopic (exact) mass is 397 g/mol. The summed E-state index contributed by atoms with van der Waals surface area (Å²) in [7, 11) is 0. The average Bonchev–Trinajstić information content (AvgIpc) is 3.36. The largest absolute Gasteiger partial charge is 0.478 e. The quantitative estimate of drug-likeness (QED) is 0.592. The van der Waals surface area contributed by atoms with Crippen LogP contribution in [0.2, 0.25) is 0 Å². The number of pyridine rings is 1. The summed E-state index contributed by atoms with van der Waals surface area (Å²) in [5.74, 6) is 0.605. The van der Waals surface area contributed by atoms with Crippen LogP contribution in [-0.2, 0) is 4.79 Å². The fraction of sp³-hybridized carbons (Fsp3) is 0.350. The van der Waals surface area contributed by atoms with Crippen LogP contribution in [-0.4, -0.2) is 51.8 Å². The Kier molecular flexibility index (Phi) is 5.23. The Bertz CT molecular complexity index is 997. The van der Waals surface area contributed by atoms with E-state index in [0.717, 1.165) is 40.8 Å². The van der Waals surface area contributed by atoms with E-state index >= 15 is 0 Å². The van der Waals surface area contributed by atoms with Crippen molar-refractivity contribution in [3.63, 3.8) is 0 Å². The van der Waals surface area contributed by atoms with Gasteiger partial charge in [0.1, 0.15) is 10.4 Å². The number of carbonyl (C=O) groups excluding carboxylic acids is 1. The molecule has 1 atom stereocenters. The molecular weight excluding hydrogens is 374 g/mol. The first-order valence-corrected chi connectivity index (χ1v) is 10.5. The summed E-state index contributed by atoms with van der Waals surface area (Å²) >= 11 is 1.60. The summed E-state index contributed by atoms with van der Waals surface area (Å²) in [6.45, 7) is 4.04. The van der Waals surface area contributed by atoms with Gasteiger partial charge in [0.2, 0.25) is 11.8 Å². The van der Waals surface area contributed by atoms with E-state index < -0.39 is 4.75 Å². The molecule has 0 saturated carbocycles. The van der Waals surface area contributed by atoms with Crippen LogP contribution in [0.5, 0.6) is 5.88 Å². The molecule has 1 aliphatic heterocycles. The molecule has 1 aliphatic rings. The molecule has 146 valence electrons. The summed E-state index contributed by atoms with van der Waals surface area (Å²) < 4.78 is 5.09. The van der Waals surface area contributed by atoms with Gasteiger partial charge in [0.15, 0.2) is 0 Å². The van der Waals surface area contributed by atoms with E-state index in [1.165, 1.54) is 0 Å². The average molecular weight is 398 g/mol. The Hall–Kier alpha value is -2.58. The van der Waals surface area contributed by atoms with E-state index in [-0.39, 0.29) is 5.91 Å². The van der Waals surface area contributed by atoms with Crippen molar-refractivity contribution in [1.29, 1.82) is 0 Å². The third kappa shape index (κ3) is 3.45. The number of nitrogens with one attached hydrogen (secondary N) is 3. The number of hydrogen-bond donors (Lipinski definition) is 3. The molecule has 3 aromatic rings. The maximum absolute atomic E-state index is 12.9. The van der Waals surface area contributed by atoms with Crippen LogP contribution in [0.4, 0.5) is 5.69 Å². The zero-order valence-corrected chi connectivity index (χ0v) is 16.7. The lowest BCUT2D eigenvalue weighted by molar-refractivity contribution is -0.118. The number of nitrogens with zero attached hydrogens (tertiary/aromatic N) is 2. The van der Waals surface area contributed by atoms with Crippen LogP contribution in [0.3, 0.4) is 0 Å². The lowest BCUT2D eigenvalue weighted by Gasteiger charge is -2.24. The second-order valence-corrected chi connectivity index (χ2v) is 7.92. The number of aromatic amines is 1. The first-order chi connectivity index (χ1) is 13.6. The van der Waals surface area contributed by atoms with E-state index in [2.05, 4.69) is 25.8 Å². The number of H-pyrrole nitrogens is 1. The minimum absolute atomic E-state index is 0.0388. The zero-order chi connectivity index (χ0) is 19.6. The lowest BCUT2D eigenvalue weighted by atomic mass is 10.1. The molecule has 1 saturated heterocycles. The van der Waals surface area contributed by atoms with Crippen molar-refractivity contribution in [1.82, 2.24) is 20.5 Å². The molecule has 0 aliphatic carbocycles. The van der Waals surface area contributed by atoms with Crippen molar-refractivity contribution in [3.8, 4) is 17.1 Å². The van der Waals surface area contributed by atoms with Gasteiger partial charge in [-0.05, 0) is 50.4 Å². The van der Waals surface area contributed by atoms with E-state index in [0.29, 0.717) is 19.0 Å². The zero-order valence-electron chi connectivity index (χ0n) is 15.9. The number of benzene rings is 1. The molecule has 2 aromatic heterocycles. The normalized spacial score (nSPS) is 19.1. The Morgan fingerprint density at radius 1 is 1.36 bits per heavy atom. The minimum atomic E-state index is -0.411. The first-order valence-electron chi connectivity index (χ1n) is 9.30. The minimum Gasteiger partial charge on any atom is -0.478 e. The van der Waals surface area contributed by atoms with Gasteiger partial charge in [-0.3, -0.25) is 9.89 Å². The molecule has 28 heavy (non-hydrogen) atoms. The number of amides is 1. The highest BCUT2D eigenvalue weighted by atomic mass is 32.2. The topological polar surface area (TPSA) is 91.9 Å². The molecule has 1 fully saturated rings. The van der Waals surface area contributed by atoms with Crippen LogP contribution in [0, 0.1) is 0 Å². The van der Waals surface area contributed by atoms with Crippen LogP contribution in [0.1, 0.15) is 13.3 Å². The molecule has 0 radical (unpaired) electrons. The Morgan fingerprint density at radius 2 is 2.25 bits per heavy atom. The molecule has 1 amide bonds. The number of anilines is 1. The van der Waals surface area contributed by atoms with Gasteiger partial charge >= 0.3 is 0 Å². The molecule has 0 spiro atoms. The SMILES string of the molecule is CCOc1cc(-c2n[nH]c3ccc(NC(=O)[C@]4(SC)CCNC4)cc23)ccn1. The molecule has 7 nitrogen and oxygen atoms in total. The molecule has 3 heterocycles. The Balaban J connectivity index is 1.65. The van der Waals surface area contributed by atoms with E-state index in [9.17, 15) is 4.79 Å². The second-order valence-electron chi connectivity index (χ2n) is 6.73. The summed E-state index contributed by atoms with van der Waals surface area (Å²) in [5, 5.41) is 14.8. The van der Waals surface area contributed by atoms with Crippen molar-refractivity contribution in [2.75, 3.05) is 31.3 Å². The van der Waals surface area contributed by atoms with Crippen molar-refractivity contribution < 1.29 is 9.53 Å². The van der Waals surface area contributed by atoms with Gasteiger partial charge in [0.05, 0.1) is 12.1 Å². The van der Waals surface area contributed by atoms with E-state index in [4.69, 9.17) is 4.74 Å². The number of fused-ring (bicyclic) bond motifs is 1. The fourth-order valence-corrected chi connectivity index (χ4v) is 4.26. The van der Waals surface area contributed by atoms with E-state index in [1.807, 2.05) is 43.5 Å². The molecule has 0 bridgehead atoms. The standard InChI is InChI=1S/C20H23N5O2S/c1-3-27-17-10-13(6-8-22-17)18-15-11-14(4-5-16(15)24-25-18)23-19(26)20(28-2)7-9-21-12-20/h4-6,8,10-11,21H,3,7,9,12H2,1-2H3,(H,23,26)(H,24,25)/t20-/m0/s1. The molecule has 3 N–H and O–H groups in total. The first kappa shape index (κ1) is 18.8. The molecule has 4 rings (SSSR count). The van der Waals surface area contributed by atoms with Crippen molar-refractivity contribution in [2.24, 2.45) is 0 Å². The smallest absolute Gasteiger partial charge is 0.241 e. The van der Waals surface area contributed by atoms with Gasteiger partial charge in [-0.1, -0.05) is 0 Å². The summed E-state index contributed by atoms with van der Waals surface area (Å²) in [6, 6.07) is 9.57. The fourth-order valence-electron chi connectivity index (χ4n) is 3.47. The van der Waals surface area contributed by atoms with Crippen molar-refractivity contribution >= 4 is 34.3 Å². The molecular formula is C20H23N5O2S. The Labute approximate surface area is 167 Å². The second kappa shape index (κ2) is 7.81. The van der Waals surface area contributed by atoms with Crippen LogP contribution in [0.25, 0.3) is 22.2 Å². The lowest BCUT2D eigenvalue weighted by Crippen LogP contribution is -2.41. The maximum atomic E-state index is 12.9. The number of thioether (sulfide) groups is 1. The van der Waals surface area contributed by atoms with Crippen molar-refractivity contribution in [2.45, 2.75) is 18.1 Å². The van der Waals surface area contributed by atoms with Gasteiger partial charge < -0.3 is 15.4 Å². The van der Waals surface area contributed by atoms with Gasteiger partial charge in [-0.25, -0.2) is 4.98 Å². The number of carbonyl (C=O) groups is 1. The van der Waals surface area contributed by atoms with Gasteiger partial charge in [-0.2, -0.15) is 5.10 Å². The predicted molar refractivity (Wildman–Crippen MR) is 113 cm³/mol. The maximum Gasteiger partial charge on any atom is 0.241 e. The molecule has 8 heteroatoms. The third-order valence-electron chi connectivity index (χ3n) is 5.04. The number of ether oxygens (including phenoxy) is 1. The highest BCUT2D eigenvalue weighted by Gasteiger charge is 2.40. The van der Waals surface area contributed by atoms with Gasteiger partial charge in [0, 0.05) is 35.4 Å². The number of aromatic nitrogens is 3. The summed E-state index contributed by atoms with van der Waals surface area (Å²) in [5.41, 5.74) is 3.38. The van der Waals surface area contributed by atoms with Crippen LogP contribution in [0.15, 0.2) is 36.5 Å². The highest BCUT2D eigenvalue weighted by molar-refractivity contribution is 8.00. The summed E-state index contributed by atoms with van der Waals surface area (Å²) in [4.78, 5) is 17.1. The Morgan fingerprint density at radius 3 is 3.00 bits per heavy atom. The van der Waals surface area contributed by atoms with Crippen molar-refractivity contribution in [3.05, 3.63) is 36.5 Å². The van der Waals surface area contributed by atoms with Crippen LogP contribution >= 0.6 is 11.8 Å². The van der Waals surface area contributed by atoms with Gasteiger partial charge in [0.25, 0.3) is 0 Å². The van der Waals surface area contributed by atoms with Crippen LogP contribution < -0.4 is 15.4 Å². The molecule has 1 aromatic carbocycles. The summed E-state index contributed by atoms with van der Waals surface area (Å²) in [6.07, 6.45) is 4.53. The number of rotatable bonds is 6. The van der Waals surface area contributed by atoms with E-state index in [1.54, 1.807) is 18.0 Å². The predicted octanol–water partition coefficient (Wildman–Crippen LogP) is 3.06. The highest BCUT2D eigenvalue weighted by Crippen LogP contribution is 2.33. The van der Waals surface area contributed by atoms with Gasteiger partial charge in [-0.15, -0.1) is 11.8 Å². The third-order valence-corrected chi connectivity index (χ3v) is 6.36. The number of hydrogen-bond acceptors (Lipinski definition) is 6.